The van der Waals surface area contributed by atoms with Gasteiger partial charge in [0, 0.05) is 22.5 Å². The van der Waals surface area contributed by atoms with Crippen LogP contribution in [0, 0.1) is 13.8 Å². The molecule has 2 radical (unpaired) electrons. The number of benzene rings is 5. The third kappa shape index (κ3) is 8.58. The maximum atomic E-state index is 12.5. The first-order chi connectivity index (χ1) is 24.3. The van der Waals surface area contributed by atoms with E-state index in [1.807, 2.05) is 91.0 Å². The molecule has 0 unspecified atom stereocenters. The number of nitrogens with one attached hydrogen (secondary N) is 2. The molecule has 0 aliphatic rings. The van der Waals surface area contributed by atoms with Crippen molar-refractivity contribution in [3.8, 4) is 11.4 Å². The van der Waals surface area contributed by atoms with Crippen LogP contribution in [0.1, 0.15) is 43.2 Å². The Morgan fingerprint density at radius 3 is 1.10 bits per heavy atom. The van der Waals surface area contributed by atoms with E-state index in [1.165, 1.54) is 12.9 Å². The summed E-state index contributed by atoms with van der Waals surface area (Å²) in [4.78, 5) is 50.0. The van der Waals surface area contributed by atoms with Gasteiger partial charge in [0.2, 0.25) is 0 Å². The summed E-state index contributed by atoms with van der Waals surface area (Å²) in [6, 6.07) is 46.2. The molecule has 5 aromatic carbocycles. The summed E-state index contributed by atoms with van der Waals surface area (Å²) in [7, 11) is 5.70. The van der Waals surface area contributed by atoms with Gasteiger partial charge in [-0.25, -0.2) is 9.36 Å². The zero-order valence-corrected chi connectivity index (χ0v) is 30.9. The molecule has 2 aromatic heterocycles. The van der Waals surface area contributed by atoms with Gasteiger partial charge in [0.25, 0.3) is 11.1 Å². The molecule has 0 atom stereocenters. The van der Waals surface area contributed by atoms with E-state index in [0.717, 1.165) is 0 Å². The molecule has 2 heterocycles. The Balaban J connectivity index is 0.000000160. The fourth-order valence-electron chi connectivity index (χ4n) is 5.11. The average Bonchev–Trinajstić information content (AvgIpc) is 3.65. The predicted molar refractivity (Wildman–Crippen MR) is 200 cm³/mol. The summed E-state index contributed by atoms with van der Waals surface area (Å²) in [5.74, 6) is -0.520. The summed E-state index contributed by atoms with van der Waals surface area (Å²) in [5.41, 5.74) is 3.29. The van der Waals surface area contributed by atoms with Crippen molar-refractivity contribution in [2.45, 2.75) is 13.8 Å². The van der Waals surface area contributed by atoms with E-state index in [1.54, 1.807) is 62.4 Å². The maximum absolute atomic E-state index is 12.5. The Morgan fingerprint density at radius 1 is 0.500 bits per heavy atom. The number of hydrogen-bond donors (Lipinski definition) is 2. The molecule has 8 nitrogen and oxygen atoms in total. The van der Waals surface area contributed by atoms with Gasteiger partial charge in [-0.3, -0.25) is 29.4 Å². The van der Waals surface area contributed by atoms with E-state index in [-0.39, 0.29) is 33.8 Å². The van der Waals surface area contributed by atoms with E-state index in [4.69, 9.17) is 8.92 Å². The molecule has 0 spiro atoms. The van der Waals surface area contributed by atoms with Crippen LogP contribution in [0.3, 0.4) is 0 Å². The summed E-state index contributed by atoms with van der Waals surface area (Å²) in [6.07, 6.45) is 0. The van der Waals surface area contributed by atoms with E-state index in [2.05, 4.69) is 22.3 Å². The fraction of sp³-hybridized carbons (Fsp3) is 0.0500. The number of aryl methyl sites for hydroxylation is 2. The number of para-hydroxylation sites is 2. The van der Waals surface area contributed by atoms with Gasteiger partial charge in [0.15, 0.2) is 11.6 Å². The molecule has 7 rings (SSSR count). The Hall–Kier alpha value is -5.45. The van der Waals surface area contributed by atoms with Gasteiger partial charge in [-0.15, -0.1) is 0 Å². The number of H-pyrrole nitrogens is 2. The third-order valence-corrected chi connectivity index (χ3v) is 10.6. The first kappa shape index (κ1) is 35.8. The van der Waals surface area contributed by atoms with Crippen molar-refractivity contribution >= 4 is 44.1 Å². The second-order valence-corrected chi connectivity index (χ2v) is 14.5. The van der Waals surface area contributed by atoms with Crippen molar-refractivity contribution < 1.29 is 9.59 Å². The van der Waals surface area contributed by atoms with Gasteiger partial charge in [-0.05, 0) is 38.1 Å². The number of halogens is 1. The van der Waals surface area contributed by atoms with Crippen LogP contribution in [-0.2, 0) is 0 Å². The number of ketones is 2. The van der Waals surface area contributed by atoms with Gasteiger partial charge in [0.05, 0.1) is 11.4 Å². The van der Waals surface area contributed by atoms with Crippen LogP contribution in [0.25, 0.3) is 11.4 Å². The Bertz CT molecular complexity index is 2140. The van der Waals surface area contributed by atoms with E-state index in [0.29, 0.717) is 33.9 Å². The molecule has 0 fully saturated rings. The van der Waals surface area contributed by atoms with Gasteiger partial charge in [0.1, 0.15) is 11.1 Å². The van der Waals surface area contributed by atoms with Crippen molar-refractivity contribution in [2.24, 2.45) is 0 Å². The van der Waals surface area contributed by atoms with E-state index >= 15 is 0 Å². The van der Waals surface area contributed by atoms with Gasteiger partial charge in [-0.1, -0.05) is 97.1 Å². The summed E-state index contributed by atoms with van der Waals surface area (Å²) < 4.78 is 4.13. The zero-order chi connectivity index (χ0) is 35.5. The molecule has 0 bridgehead atoms. The average molecular weight is 788 g/mol. The third-order valence-electron chi connectivity index (χ3n) is 7.58. The number of rotatable bonds is 7. The molecule has 0 saturated carbocycles. The standard InChI is InChI=1S/2C17H14N2O2.C6H5.ClH.Sn/c2*1-12-15(16(20)13-8-4-2-5-9-13)17(21)19(18-12)14-10-6-3-7-11-14;1-2-4-6-5-3-1;;/h2*2-11,18H,1H3;1-5H;1H;/q;;;;+1/p-1. The molecular weight excluding hydrogens is 755 g/mol. The molecule has 10 heteroatoms. The molecular formula is C40H33ClN4O4Sn. The molecule has 0 aliphatic heterocycles. The SMILES string of the molecule is Cc1[nH]n(-c2ccccc2)c(=O)c1C(=O)c1ccccc1.Cc1[nH]n(-c2ccccc2)c(=O)c1C(=O)c1ccccc1.[Cl][Sn][c]1ccccc1. The monoisotopic (exact) mass is 788 g/mol. The van der Waals surface area contributed by atoms with Crippen LogP contribution in [0.15, 0.2) is 161 Å². The number of carbonyl (C=O) groups excluding carboxylic acids is 2. The first-order valence-electron chi connectivity index (χ1n) is 15.7. The number of hydrogen-bond acceptors (Lipinski definition) is 4. The number of aromatic nitrogens is 4. The molecule has 7 aromatic rings. The van der Waals surface area contributed by atoms with Crippen molar-refractivity contribution in [3.05, 3.63) is 206 Å². The minimum atomic E-state index is -0.671. The van der Waals surface area contributed by atoms with Crippen LogP contribution in [-0.4, -0.2) is 51.1 Å². The van der Waals surface area contributed by atoms with Crippen LogP contribution in [0.2, 0.25) is 0 Å². The number of carbonyl (C=O) groups is 2. The summed E-state index contributed by atoms with van der Waals surface area (Å²) >= 11 is -0.671. The van der Waals surface area contributed by atoms with E-state index in [9.17, 15) is 19.2 Å². The van der Waals surface area contributed by atoms with Crippen molar-refractivity contribution in [2.75, 3.05) is 0 Å². The second kappa shape index (κ2) is 17.3. The van der Waals surface area contributed by atoms with Crippen LogP contribution in [0.4, 0.5) is 0 Å². The fourth-order valence-corrected chi connectivity index (χ4v) is 6.87. The predicted octanol–water partition coefficient (Wildman–Crippen LogP) is 6.58. The Labute approximate surface area is 302 Å². The zero-order valence-electron chi connectivity index (χ0n) is 27.3. The normalized spacial score (nSPS) is 10.3. The van der Waals surface area contributed by atoms with Crippen LogP contribution >= 0.6 is 8.92 Å². The van der Waals surface area contributed by atoms with Crippen molar-refractivity contribution in [1.29, 1.82) is 0 Å². The number of aromatic amines is 2. The topological polar surface area (TPSA) is 110 Å². The second-order valence-electron chi connectivity index (χ2n) is 11.0. The molecule has 0 saturated heterocycles. The quantitative estimate of drug-likeness (QED) is 0.141. The molecule has 2 N–H and O–H groups in total. The first-order valence-corrected chi connectivity index (χ1v) is 20.7. The Morgan fingerprint density at radius 2 is 0.800 bits per heavy atom. The molecule has 50 heavy (non-hydrogen) atoms. The molecule has 0 aliphatic carbocycles. The molecule has 248 valence electrons. The van der Waals surface area contributed by atoms with Gasteiger partial charge >= 0.3 is 62.8 Å². The van der Waals surface area contributed by atoms with E-state index < -0.39 is 20.0 Å². The van der Waals surface area contributed by atoms with Gasteiger partial charge in [-0.2, -0.15) is 0 Å². The van der Waals surface area contributed by atoms with Crippen molar-refractivity contribution in [3.63, 3.8) is 0 Å². The van der Waals surface area contributed by atoms with Gasteiger partial charge < -0.3 is 0 Å². The van der Waals surface area contributed by atoms with Crippen LogP contribution in [0.5, 0.6) is 0 Å². The summed E-state index contributed by atoms with van der Waals surface area (Å²) in [6.45, 7) is 3.47. The molecule has 0 amide bonds. The minimum absolute atomic E-state index is 0.185. The Kier molecular flexibility index (Phi) is 12.4. The summed E-state index contributed by atoms with van der Waals surface area (Å²) in [5, 5.41) is 5.93. The number of nitrogens with zero attached hydrogens (tertiary/aromatic N) is 2. The van der Waals surface area contributed by atoms with Crippen molar-refractivity contribution in [1.82, 2.24) is 19.6 Å². The van der Waals surface area contributed by atoms with Crippen LogP contribution < -0.4 is 14.7 Å².